The quantitative estimate of drug-likeness (QED) is 0.486. The fourth-order valence-electron chi connectivity index (χ4n) is 3.84. The van der Waals surface area contributed by atoms with Gasteiger partial charge < -0.3 is 4.74 Å². The Balaban J connectivity index is 2.03. The molecule has 18 heavy (non-hydrogen) atoms. The molecule has 3 aliphatic rings. The molecule has 1 heterocycles. The predicted octanol–water partition coefficient (Wildman–Crippen LogP) is 2.28. The lowest BCUT2D eigenvalue weighted by molar-refractivity contribution is -0.147. The molecule has 0 aromatic rings. The summed E-state index contributed by atoms with van der Waals surface area (Å²) in [4.78, 5) is 23.6. The first-order valence-corrected chi connectivity index (χ1v) is 6.57. The van der Waals surface area contributed by atoms with Gasteiger partial charge in [0, 0.05) is 11.8 Å². The van der Waals surface area contributed by atoms with Crippen LogP contribution in [0.1, 0.15) is 26.7 Å². The van der Waals surface area contributed by atoms with E-state index in [0.717, 1.165) is 12.8 Å². The molecule has 1 saturated heterocycles. The van der Waals surface area contributed by atoms with E-state index in [1.54, 1.807) is 6.08 Å². The molecular weight excluding hydrogens is 228 g/mol. The summed E-state index contributed by atoms with van der Waals surface area (Å²) in [6, 6.07) is 0. The number of hydrogen-bond acceptors (Lipinski definition) is 3. The molecule has 0 radical (unpaired) electrons. The minimum absolute atomic E-state index is 0.0197. The molecular formula is C15H18O3. The molecule has 2 fully saturated rings. The molecule has 2 aliphatic carbocycles. The summed E-state index contributed by atoms with van der Waals surface area (Å²) in [5, 5.41) is 0. The van der Waals surface area contributed by atoms with E-state index < -0.39 is 0 Å². The van der Waals surface area contributed by atoms with Gasteiger partial charge in [0.05, 0.1) is 5.92 Å². The highest BCUT2D eigenvalue weighted by Gasteiger charge is 2.56. The second-order valence-electron chi connectivity index (χ2n) is 6.10. The number of ether oxygens (including phenoxy) is 1. The van der Waals surface area contributed by atoms with Crippen molar-refractivity contribution in [2.75, 3.05) is 0 Å². The molecule has 0 aromatic carbocycles. The molecule has 5 atom stereocenters. The average Bonchev–Trinajstić information content (AvgIpc) is 2.60. The maximum atomic E-state index is 11.8. The van der Waals surface area contributed by atoms with Crippen LogP contribution in [0.15, 0.2) is 24.3 Å². The molecule has 1 saturated carbocycles. The number of ketones is 1. The zero-order chi connectivity index (χ0) is 13.1. The van der Waals surface area contributed by atoms with Crippen LogP contribution < -0.4 is 0 Å². The number of rotatable bonds is 0. The van der Waals surface area contributed by atoms with Gasteiger partial charge in [-0.15, -0.1) is 0 Å². The first kappa shape index (κ1) is 11.7. The van der Waals surface area contributed by atoms with Crippen molar-refractivity contribution >= 4 is 11.8 Å². The number of carbonyl (C=O) groups is 2. The van der Waals surface area contributed by atoms with Crippen molar-refractivity contribution in [3.8, 4) is 0 Å². The lowest BCUT2D eigenvalue weighted by atomic mass is 9.57. The van der Waals surface area contributed by atoms with Crippen LogP contribution in [0.5, 0.6) is 0 Å². The fraction of sp³-hybridized carbons (Fsp3) is 0.600. The molecule has 0 N–H and O–H groups in total. The number of carbonyl (C=O) groups excluding carboxylic acids is 2. The lowest BCUT2D eigenvalue weighted by Gasteiger charge is -2.47. The van der Waals surface area contributed by atoms with Crippen LogP contribution in [0, 0.1) is 23.2 Å². The monoisotopic (exact) mass is 246 g/mol. The Kier molecular flexibility index (Phi) is 2.31. The lowest BCUT2D eigenvalue weighted by Crippen LogP contribution is -2.47. The Labute approximate surface area is 107 Å². The molecule has 96 valence electrons. The molecule has 3 rings (SSSR count). The summed E-state index contributed by atoms with van der Waals surface area (Å²) < 4.78 is 5.55. The van der Waals surface area contributed by atoms with Gasteiger partial charge in [-0.1, -0.05) is 26.5 Å². The van der Waals surface area contributed by atoms with Gasteiger partial charge in [0.15, 0.2) is 5.78 Å². The third-order valence-electron chi connectivity index (χ3n) is 5.05. The van der Waals surface area contributed by atoms with Gasteiger partial charge in [0.25, 0.3) is 0 Å². The van der Waals surface area contributed by atoms with E-state index in [1.807, 2.05) is 13.0 Å². The largest absolute Gasteiger partial charge is 0.461 e. The second-order valence-corrected chi connectivity index (χ2v) is 6.10. The Bertz CT molecular complexity index is 476. The SMILES string of the molecule is C=C1C(=O)C=CC2(C)CCC3C(C)C(=O)OC3C12. The summed E-state index contributed by atoms with van der Waals surface area (Å²) in [5.74, 6) is 0.0143. The van der Waals surface area contributed by atoms with Crippen molar-refractivity contribution in [3.05, 3.63) is 24.3 Å². The van der Waals surface area contributed by atoms with Crippen molar-refractivity contribution in [1.82, 2.24) is 0 Å². The van der Waals surface area contributed by atoms with Gasteiger partial charge in [0.2, 0.25) is 0 Å². The molecule has 0 spiro atoms. The van der Waals surface area contributed by atoms with Crippen molar-refractivity contribution in [2.45, 2.75) is 32.8 Å². The summed E-state index contributed by atoms with van der Waals surface area (Å²) in [6.45, 7) is 8.01. The average molecular weight is 246 g/mol. The Hall–Kier alpha value is -1.38. The number of allylic oxidation sites excluding steroid dienone is 2. The first-order valence-electron chi connectivity index (χ1n) is 6.57. The van der Waals surface area contributed by atoms with Crippen LogP contribution in [-0.4, -0.2) is 17.9 Å². The standard InChI is InChI=1S/C15H18O3/c1-8-10-4-6-15(3)7-5-11(16)9(2)12(15)13(10)18-14(8)17/h5,7-8,10,12-13H,2,4,6H2,1,3H3. The smallest absolute Gasteiger partial charge is 0.309 e. The Morgan fingerprint density at radius 1 is 1.44 bits per heavy atom. The highest BCUT2D eigenvalue weighted by molar-refractivity contribution is 6.05. The second kappa shape index (κ2) is 3.56. The first-order chi connectivity index (χ1) is 8.44. The van der Waals surface area contributed by atoms with Crippen molar-refractivity contribution in [1.29, 1.82) is 0 Å². The highest BCUT2D eigenvalue weighted by atomic mass is 16.6. The third kappa shape index (κ3) is 1.36. The third-order valence-corrected chi connectivity index (χ3v) is 5.05. The summed E-state index contributed by atoms with van der Waals surface area (Å²) in [6.07, 6.45) is 5.42. The van der Waals surface area contributed by atoms with E-state index >= 15 is 0 Å². The van der Waals surface area contributed by atoms with Crippen molar-refractivity contribution in [3.63, 3.8) is 0 Å². The molecule has 0 bridgehead atoms. The fourth-order valence-corrected chi connectivity index (χ4v) is 3.84. The van der Waals surface area contributed by atoms with Crippen LogP contribution in [0.3, 0.4) is 0 Å². The van der Waals surface area contributed by atoms with Crippen LogP contribution in [-0.2, 0) is 14.3 Å². The van der Waals surface area contributed by atoms with E-state index in [-0.39, 0.29) is 41.0 Å². The zero-order valence-electron chi connectivity index (χ0n) is 10.8. The topological polar surface area (TPSA) is 43.4 Å². The Morgan fingerprint density at radius 3 is 2.89 bits per heavy atom. The van der Waals surface area contributed by atoms with Crippen LogP contribution >= 0.6 is 0 Å². The maximum absolute atomic E-state index is 11.8. The predicted molar refractivity (Wildman–Crippen MR) is 66.7 cm³/mol. The minimum Gasteiger partial charge on any atom is -0.461 e. The van der Waals surface area contributed by atoms with Gasteiger partial charge in [-0.3, -0.25) is 9.59 Å². The Morgan fingerprint density at radius 2 is 2.17 bits per heavy atom. The zero-order valence-corrected chi connectivity index (χ0v) is 10.8. The van der Waals surface area contributed by atoms with E-state index in [2.05, 4.69) is 13.5 Å². The van der Waals surface area contributed by atoms with Crippen molar-refractivity contribution in [2.24, 2.45) is 23.2 Å². The number of hydrogen-bond donors (Lipinski definition) is 0. The van der Waals surface area contributed by atoms with Gasteiger partial charge >= 0.3 is 5.97 Å². The van der Waals surface area contributed by atoms with E-state index in [0.29, 0.717) is 5.57 Å². The highest BCUT2D eigenvalue weighted by Crippen LogP contribution is 2.54. The maximum Gasteiger partial charge on any atom is 0.309 e. The van der Waals surface area contributed by atoms with Crippen molar-refractivity contribution < 1.29 is 14.3 Å². The van der Waals surface area contributed by atoms with Gasteiger partial charge in [-0.05, 0) is 29.9 Å². The summed E-state index contributed by atoms with van der Waals surface area (Å²) in [7, 11) is 0. The van der Waals surface area contributed by atoms with E-state index in [9.17, 15) is 9.59 Å². The van der Waals surface area contributed by atoms with Crippen LogP contribution in [0.4, 0.5) is 0 Å². The molecule has 0 amide bonds. The summed E-state index contributed by atoms with van der Waals surface area (Å²) in [5.41, 5.74) is 0.521. The van der Waals surface area contributed by atoms with Gasteiger partial charge in [-0.25, -0.2) is 0 Å². The van der Waals surface area contributed by atoms with Gasteiger partial charge in [0.1, 0.15) is 6.10 Å². The normalized spacial score (nSPS) is 46.7. The van der Waals surface area contributed by atoms with E-state index in [1.165, 1.54) is 0 Å². The molecule has 5 unspecified atom stereocenters. The molecule has 0 aromatic heterocycles. The minimum atomic E-state index is -0.160. The molecule has 3 nitrogen and oxygen atoms in total. The number of esters is 1. The van der Waals surface area contributed by atoms with Crippen LogP contribution in [0.25, 0.3) is 0 Å². The van der Waals surface area contributed by atoms with Gasteiger partial charge in [-0.2, -0.15) is 0 Å². The number of fused-ring (bicyclic) bond motifs is 3. The van der Waals surface area contributed by atoms with E-state index in [4.69, 9.17) is 4.74 Å². The summed E-state index contributed by atoms with van der Waals surface area (Å²) >= 11 is 0. The molecule has 3 heteroatoms. The van der Waals surface area contributed by atoms with Crippen LogP contribution in [0.2, 0.25) is 0 Å². The molecule has 1 aliphatic heterocycles.